The van der Waals surface area contributed by atoms with Gasteiger partial charge in [-0.15, -0.1) is 0 Å². The quantitative estimate of drug-likeness (QED) is 0.199. The van der Waals surface area contributed by atoms with Crippen molar-refractivity contribution in [1.82, 2.24) is 0 Å². The highest BCUT2D eigenvalue weighted by Gasteiger charge is 2.52. The van der Waals surface area contributed by atoms with Gasteiger partial charge in [-0.05, 0) is 109 Å². The van der Waals surface area contributed by atoms with Crippen LogP contribution in [0, 0.1) is 11.3 Å². The molecule has 0 N–H and O–H groups in total. The summed E-state index contributed by atoms with van der Waals surface area (Å²) < 4.78 is 0. The number of anilines is 3. The Hall–Kier alpha value is -6.43. The lowest BCUT2D eigenvalue weighted by Crippen LogP contribution is -2.26. The van der Waals surface area contributed by atoms with Crippen molar-refractivity contribution in [1.29, 1.82) is 5.26 Å². The van der Waals surface area contributed by atoms with E-state index < -0.39 is 5.41 Å². The smallest absolute Gasteiger partial charge is 0.0992 e. The van der Waals surface area contributed by atoms with Gasteiger partial charge in [-0.2, -0.15) is 5.26 Å². The van der Waals surface area contributed by atoms with E-state index in [1.165, 1.54) is 66.1 Å². The first-order valence-electron chi connectivity index (χ1n) is 16.4. The van der Waals surface area contributed by atoms with Gasteiger partial charge < -0.3 is 4.90 Å². The highest BCUT2D eigenvalue weighted by Crippen LogP contribution is 2.65. The first-order chi connectivity index (χ1) is 23.8. The molecule has 0 radical (unpaired) electrons. The van der Waals surface area contributed by atoms with E-state index in [0.717, 1.165) is 17.1 Å². The molecule has 8 aromatic rings. The summed E-state index contributed by atoms with van der Waals surface area (Å²) in [6.45, 7) is 0. The third-order valence-electron chi connectivity index (χ3n) is 10.4. The monoisotopic (exact) mass is 608 g/mol. The van der Waals surface area contributed by atoms with Gasteiger partial charge in [0.2, 0.25) is 0 Å². The molecule has 2 heteroatoms. The van der Waals surface area contributed by atoms with Crippen LogP contribution in [0.3, 0.4) is 0 Å². The number of hydrogen-bond donors (Lipinski definition) is 0. The molecule has 0 saturated heterocycles. The zero-order chi connectivity index (χ0) is 31.8. The fraction of sp³-hybridized carbons (Fsp3) is 0.0217. The number of benzene rings is 8. The van der Waals surface area contributed by atoms with Crippen LogP contribution >= 0.6 is 0 Å². The van der Waals surface area contributed by atoms with E-state index in [-0.39, 0.29) is 0 Å². The Morgan fingerprint density at radius 1 is 0.438 bits per heavy atom. The number of nitriles is 1. The standard InChI is InChI=1S/C46H28N2/c47-29-30-11-10-15-34(27-30)48(33-13-2-1-3-14-33)35-23-25-37-32(28-35)21-24-40-44-36-16-5-4-12-31(36)22-26-43(44)46(45(37)40)41-19-8-6-17-38(41)39-18-7-9-20-42(39)46/h1-28H. The van der Waals surface area contributed by atoms with E-state index in [4.69, 9.17) is 0 Å². The molecule has 48 heavy (non-hydrogen) atoms. The lowest BCUT2D eigenvalue weighted by molar-refractivity contribution is 0.802. The van der Waals surface area contributed by atoms with Gasteiger partial charge >= 0.3 is 0 Å². The van der Waals surface area contributed by atoms with Crippen LogP contribution in [-0.2, 0) is 5.41 Å². The summed E-state index contributed by atoms with van der Waals surface area (Å²) in [5.41, 5.74) is 13.9. The van der Waals surface area contributed by atoms with Crippen LogP contribution in [0.1, 0.15) is 27.8 Å². The molecule has 2 nitrogen and oxygen atoms in total. The lowest BCUT2D eigenvalue weighted by atomic mass is 9.69. The van der Waals surface area contributed by atoms with Crippen molar-refractivity contribution in [2.24, 2.45) is 0 Å². The Bertz CT molecular complexity index is 2600. The maximum absolute atomic E-state index is 9.73. The number of fused-ring (bicyclic) bond motifs is 14. The lowest BCUT2D eigenvalue weighted by Gasteiger charge is -2.32. The van der Waals surface area contributed by atoms with Crippen LogP contribution < -0.4 is 4.90 Å². The second-order valence-electron chi connectivity index (χ2n) is 12.8. The Labute approximate surface area is 279 Å². The zero-order valence-corrected chi connectivity index (χ0v) is 26.1. The predicted octanol–water partition coefficient (Wildman–Crippen LogP) is 11.7. The van der Waals surface area contributed by atoms with Crippen molar-refractivity contribution in [3.63, 3.8) is 0 Å². The first-order valence-corrected chi connectivity index (χ1v) is 16.4. The van der Waals surface area contributed by atoms with Crippen molar-refractivity contribution in [2.45, 2.75) is 5.41 Å². The molecule has 0 atom stereocenters. The number of para-hydroxylation sites is 1. The van der Waals surface area contributed by atoms with E-state index in [9.17, 15) is 5.26 Å². The molecule has 0 heterocycles. The molecule has 0 aromatic heterocycles. The van der Waals surface area contributed by atoms with Gasteiger partial charge in [0, 0.05) is 17.1 Å². The Morgan fingerprint density at radius 2 is 1.10 bits per heavy atom. The summed E-state index contributed by atoms with van der Waals surface area (Å²) >= 11 is 0. The zero-order valence-electron chi connectivity index (χ0n) is 26.1. The average molecular weight is 609 g/mol. The van der Waals surface area contributed by atoms with E-state index >= 15 is 0 Å². The third kappa shape index (κ3) is 3.51. The van der Waals surface area contributed by atoms with Crippen LogP contribution in [-0.4, -0.2) is 0 Å². The SMILES string of the molecule is N#Cc1cccc(N(c2ccccc2)c2ccc3c4c(ccc3c2)-c2c(ccc3ccccc23)C42c3ccccc3-c3ccccc32)c1. The molecule has 0 unspecified atom stereocenters. The van der Waals surface area contributed by atoms with E-state index in [1.54, 1.807) is 0 Å². The van der Waals surface area contributed by atoms with Gasteiger partial charge in [-0.3, -0.25) is 0 Å². The Balaban J connectivity index is 1.30. The molecule has 0 saturated carbocycles. The van der Waals surface area contributed by atoms with E-state index in [0.29, 0.717) is 5.56 Å². The molecule has 0 aliphatic heterocycles. The molecule has 2 aliphatic carbocycles. The van der Waals surface area contributed by atoms with Gasteiger partial charge in [-0.1, -0.05) is 127 Å². The molecule has 0 bridgehead atoms. The third-order valence-corrected chi connectivity index (χ3v) is 10.4. The van der Waals surface area contributed by atoms with Gasteiger partial charge in [0.15, 0.2) is 0 Å². The maximum Gasteiger partial charge on any atom is 0.0992 e. The molecule has 10 rings (SSSR count). The second kappa shape index (κ2) is 10.0. The minimum absolute atomic E-state index is 0.441. The minimum atomic E-state index is -0.441. The normalized spacial score (nSPS) is 13.1. The second-order valence-corrected chi connectivity index (χ2v) is 12.8. The summed E-state index contributed by atoms with van der Waals surface area (Å²) in [5.74, 6) is 0. The van der Waals surface area contributed by atoms with Crippen molar-refractivity contribution < 1.29 is 0 Å². The summed E-state index contributed by atoms with van der Waals surface area (Å²) in [4.78, 5) is 2.24. The number of nitrogens with zero attached hydrogens (tertiary/aromatic N) is 2. The van der Waals surface area contributed by atoms with E-state index in [2.05, 4.69) is 157 Å². The van der Waals surface area contributed by atoms with Gasteiger partial charge in [0.25, 0.3) is 0 Å². The minimum Gasteiger partial charge on any atom is -0.310 e. The van der Waals surface area contributed by atoms with Gasteiger partial charge in [0.1, 0.15) is 0 Å². The summed E-state index contributed by atoms with van der Waals surface area (Å²) in [7, 11) is 0. The molecule has 1 spiro atoms. The molecule has 0 amide bonds. The molecule has 8 aromatic carbocycles. The fourth-order valence-corrected chi connectivity index (χ4v) is 8.61. The van der Waals surface area contributed by atoms with Crippen LogP contribution in [0.5, 0.6) is 0 Å². The van der Waals surface area contributed by atoms with Crippen LogP contribution in [0.15, 0.2) is 170 Å². The highest BCUT2D eigenvalue weighted by molar-refractivity contribution is 6.11. The molecular weight excluding hydrogens is 581 g/mol. The van der Waals surface area contributed by atoms with Crippen molar-refractivity contribution >= 4 is 38.6 Å². The molecule has 222 valence electrons. The topological polar surface area (TPSA) is 27.0 Å². The fourth-order valence-electron chi connectivity index (χ4n) is 8.61. The highest BCUT2D eigenvalue weighted by atomic mass is 15.1. The van der Waals surface area contributed by atoms with Crippen LogP contribution in [0.4, 0.5) is 17.1 Å². The van der Waals surface area contributed by atoms with Crippen LogP contribution in [0.25, 0.3) is 43.8 Å². The van der Waals surface area contributed by atoms with E-state index in [1.807, 2.05) is 24.3 Å². The van der Waals surface area contributed by atoms with Gasteiger partial charge in [0.05, 0.1) is 17.0 Å². The molecule has 0 fully saturated rings. The van der Waals surface area contributed by atoms with Crippen LogP contribution in [0.2, 0.25) is 0 Å². The average Bonchev–Trinajstić information content (AvgIpc) is 3.63. The summed E-state index contributed by atoms with van der Waals surface area (Å²) in [5, 5.41) is 14.7. The largest absolute Gasteiger partial charge is 0.310 e. The first kappa shape index (κ1) is 26.8. The Morgan fingerprint density at radius 3 is 1.90 bits per heavy atom. The molecular formula is C46H28N2. The van der Waals surface area contributed by atoms with Crippen molar-refractivity contribution in [3.8, 4) is 28.3 Å². The van der Waals surface area contributed by atoms with Crippen molar-refractivity contribution in [2.75, 3.05) is 4.90 Å². The summed E-state index contributed by atoms with van der Waals surface area (Å²) in [6.07, 6.45) is 0. The predicted molar refractivity (Wildman–Crippen MR) is 197 cm³/mol. The van der Waals surface area contributed by atoms with Gasteiger partial charge in [-0.25, -0.2) is 0 Å². The molecule has 2 aliphatic rings. The summed E-state index contributed by atoms with van der Waals surface area (Å²) in [6, 6.07) is 63.6. The number of rotatable bonds is 3. The Kier molecular flexibility index (Phi) is 5.59. The van der Waals surface area contributed by atoms with Crippen molar-refractivity contribution in [3.05, 3.63) is 198 Å². The maximum atomic E-state index is 9.73. The number of hydrogen-bond acceptors (Lipinski definition) is 2.